The molecule has 0 radical (unpaired) electrons. The van der Waals surface area contributed by atoms with Crippen LogP contribution in [0.15, 0.2) is 48.5 Å². The van der Waals surface area contributed by atoms with Crippen LogP contribution >= 0.6 is 11.3 Å². The largest absolute Gasteiger partial charge is 0.449 e. The van der Waals surface area contributed by atoms with Crippen LogP contribution in [0.5, 0.6) is 0 Å². The molecule has 1 heterocycles. The minimum Gasteiger partial charge on any atom is -0.449 e. The minimum atomic E-state index is -1.02. The van der Waals surface area contributed by atoms with Gasteiger partial charge in [-0.2, -0.15) is 0 Å². The highest BCUT2D eigenvalue weighted by molar-refractivity contribution is 7.11. The first kappa shape index (κ1) is 21.5. The second-order valence-corrected chi connectivity index (χ2v) is 8.97. The van der Waals surface area contributed by atoms with Crippen LogP contribution in [0.1, 0.15) is 45.1 Å². The zero-order valence-electron chi connectivity index (χ0n) is 17.5. The molecule has 1 aliphatic rings. The maximum atomic E-state index is 12.2. The molecule has 2 atom stereocenters. The average Bonchev–Trinajstić information content (AvgIpc) is 3.28. The number of fused-ring (bicyclic) bond motifs is 3. The second-order valence-electron chi connectivity index (χ2n) is 7.74. The number of nitrogens with zero attached hydrogens (tertiary/aromatic N) is 1. The Bertz CT molecular complexity index is 1040. The number of aliphatic hydroxyl groups is 2. The number of aryl methyl sites for hydroxylation is 2. The molecule has 2 unspecified atom stereocenters. The van der Waals surface area contributed by atoms with Crippen molar-refractivity contribution in [3.63, 3.8) is 0 Å². The van der Waals surface area contributed by atoms with Crippen LogP contribution in [0, 0.1) is 13.8 Å². The van der Waals surface area contributed by atoms with E-state index in [0.717, 1.165) is 21.8 Å². The monoisotopic (exact) mass is 438 g/mol. The number of carbonyl (C=O) groups excluding carboxylic acids is 1. The predicted molar refractivity (Wildman–Crippen MR) is 120 cm³/mol. The van der Waals surface area contributed by atoms with Gasteiger partial charge in [-0.3, -0.25) is 0 Å². The van der Waals surface area contributed by atoms with Gasteiger partial charge in [0, 0.05) is 12.5 Å². The fourth-order valence-electron chi connectivity index (χ4n) is 4.13. The van der Waals surface area contributed by atoms with Crippen LogP contribution in [0.25, 0.3) is 11.1 Å². The van der Waals surface area contributed by atoms with E-state index in [1.807, 2.05) is 38.1 Å². The van der Waals surface area contributed by atoms with Crippen LogP contribution < -0.4 is 5.32 Å². The quantitative estimate of drug-likeness (QED) is 0.517. The van der Waals surface area contributed by atoms with Crippen molar-refractivity contribution in [1.82, 2.24) is 10.3 Å². The van der Waals surface area contributed by atoms with Crippen molar-refractivity contribution in [1.29, 1.82) is 0 Å². The SMILES string of the molecule is Cc1nc(C)c(C(O)C(O)CCNC(=O)OCC2c3ccccc3-c3ccccc32)s1. The molecule has 2 aromatic carbocycles. The zero-order chi connectivity index (χ0) is 22.0. The number of thiazole rings is 1. The molecule has 1 aliphatic carbocycles. The molecule has 0 aliphatic heterocycles. The summed E-state index contributed by atoms with van der Waals surface area (Å²) in [6.45, 7) is 4.11. The third-order valence-electron chi connectivity index (χ3n) is 5.63. The molecule has 1 amide bonds. The third kappa shape index (κ3) is 4.49. The van der Waals surface area contributed by atoms with E-state index in [2.05, 4.69) is 34.6 Å². The van der Waals surface area contributed by atoms with Gasteiger partial charge in [0.2, 0.25) is 0 Å². The van der Waals surface area contributed by atoms with Crippen molar-refractivity contribution < 1.29 is 19.7 Å². The summed E-state index contributed by atoms with van der Waals surface area (Å²) >= 11 is 1.37. The van der Waals surface area contributed by atoms with Crippen LogP contribution in [0.2, 0.25) is 0 Å². The minimum absolute atomic E-state index is 0.00288. The number of rotatable bonds is 7. The van der Waals surface area contributed by atoms with Crippen LogP contribution in [0.3, 0.4) is 0 Å². The molecule has 3 aromatic rings. The molecule has 4 rings (SSSR count). The van der Waals surface area contributed by atoms with Crippen molar-refractivity contribution >= 4 is 17.4 Å². The number of amides is 1. The number of benzene rings is 2. The normalized spacial score (nSPS) is 14.6. The zero-order valence-corrected chi connectivity index (χ0v) is 18.4. The summed E-state index contributed by atoms with van der Waals surface area (Å²) in [5.41, 5.74) is 5.39. The Morgan fingerprint density at radius 3 is 2.29 bits per heavy atom. The Morgan fingerprint density at radius 1 is 1.10 bits per heavy atom. The second kappa shape index (κ2) is 9.18. The molecule has 0 saturated carbocycles. The molecule has 0 saturated heterocycles. The maximum absolute atomic E-state index is 12.2. The van der Waals surface area contributed by atoms with Gasteiger partial charge in [-0.05, 0) is 42.5 Å². The number of aliphatic hydroxyl groups excluding tert-OH is 2. The van der Waals surface area contributed by atoms with E-state index >= 15 is 0 Å². The van der Waals surface area contributed by atoms with E-state index in [4.69, 9.17) is 4.74 Å². The summed E-state index contributed by atoms with van der Waals surface area (Å²) in [6, 6.07) is 16.3. The van der Waals surface area contributed by atoms with Gasteiger partial charge in [0.25, 0.3) is 0 Å². The highest BCUT2D eigenvalue weighted by Gasteiger charge is 2.29. The van der Waals surface area contributed by atoms with Crippen molar-refractivity contribution in [3.8, 4) is 11.1 Å². The fraction of sp³-hybridized carbons (Fsp3) is 0.333. The first-order chi connectivity index (χ1) is 15.0. The molecular weight excluding hydrogens is 412 g/mol. The molecule has 0 fully saturated rings. The lowest BCUT2D eigenvalue weighted by Gasteiger charge is -2.18. The lowest BCUT2D eigenvalue weighted by molar-refractivity contribution is 0.0153. The highest BCUT2D eigenvalue weighted by Crippen LogP contribution is 2.44. The van der Waals surface area contributed by atoms with Crippen molar-refractivity contribution in [2.45, 2.75) is 38.4 Å². The van der Waals surface area contributed by atoms with Crippen LogP contribution in [-0.2, 0) is 4.74 Å². The molecule has 0 spiro atoms. The molecule has 31 heavy (non-hydrogen) atoms. The summed E-state index contributed by atoms with van der Waals surface area (Å²) in [5, 5.41) is 24.1. The molecule has 6 nitrogen and oxygen atoms in total. The molecule has 7 heteroatoms. The number of hydrogen-bond acceptors (Lipinski definition) is 6. The highest BCUT2D eigenvalue weighted by atomic mass is 32.1. The summed E-state index contributed by atoms with van der Waals surface area (Å²) in [7, 11) is 0. The summed E-state index contributed by atoms with van der Waals surface area (Å²) in [4.78, 5) is 17.2. The summed E-state index contributed by atoms with van der Waals surface area (Å²) < 4.78 is 5.49. The molecular formula is C24H26N2O4S. The Balaban J connectivity index is 1.29. The van der Waals surface area contributed by atoms with E-state index in [-0.39, 0.29) is 25.5 Å². The standard InChI is InChI=1S/C24H26N2O4S/c1-14-23(31-15(2)26-14)22(28)21(27)11-12-25-24(29)30-13-20-18-9-5-3-7-16(18)17-8-4-6-10-19(17)20/h3-10,20-22,27-28H,11-13H2,1-2H3,(H,25,29). The third-order valence-corrected chi connectivity index (χ3v) is 6.77. The van der Waals surface area contributed by atoms with Crippen LogP contribution in [0.4, 0.5) is 4.79 Å². The fourth-order valence-corrected chi connectivity index (χ4v) is 5.10. The van der Waals surface area contributed by atoms with Gasteiger partial charge in [0.05, 0.1) is 21.7 Å². The number of nitrogens with one attached hydrogen (secondary N) is 1. The van der Waals surface area contributed by atoms with Gasteiger partial charge < -0.3 is 20.3 Å². The molecule has 1 aromatic heterocycles. The molecule has 3 N–H and O–H groups in total. The summed E-state index contributed by atoms with van der Waals surface area (Å²) in [6.07, 6.45) is -2.34. The first-order valence-corrected chi connectivity index (χ1v) is 11.2. The topological polar surface area (TPSA) is 91.7 Å². The Labute approximate surface area is 185 Å². The van der Waals surface area contributed by atoms with E-state index in [1.54, 1.807) is 0 Å². The van der Waals surface area contributed by atoms with E-state index in [9.17, 15) is 15.0 Å². The number of carbonyl (C=O) groups is 1. The number of hydrogen-bond donors (Lipinski definition) is 3. The van der Waals surface area contributed by atoms with Gasteiger partial charge in [-0.25, -0.2) is 9.78 Å². The molecule has 162 valence electrons. The van der Waals surface area contributed by atoms with Gasteiger partial charge in [0.1, 0.15) is 12.7 Å². The number of aromatic nitrogens is 1. The lowest BCUT2D eigenvalue weighted by atomic mass is 9.98. The molecule has 0 bridgehead atoms. The van der Waals surface area contributed by atoms with E-state index in [0.29, 0.717) is 4.88 Å². The van der Waals surface area contributed by atoms with Gasteiger partial charge in [-0.15, -0.1) is 11.3 Å². The average molecular weight is 439 g/mol. The van der Waals surface area contributed by atoms with E-state index < -0.39 is 18.3 Å². The van der Waals surface area contributed by atoms with E-state index in [1.165, 1.54) is 22.5 Å². The Hall–Kier alpha value is -2.74. The summed E-state index contributed by atoms with van der Waals surface area (Å²) in [5.74, 6) is 0.00288. The first-order valence-electron chi connectivity index (χ1n) is 10.3. The lowest BCUT2D eigenvalue weighted by Crippen LogP contribution is -2.30. The van der Waals surface area contributed by atoms with Crippen molar-refractivity contribution in [3.05, 3.63) is 75.2 Å². The number of alkyl carbamates (subject to hydrolysis) is 1. The Morgan fingerprint density at radius 2 is 1.71 bits per heavy atom. The van der Waals surface area contributed by atoms with Crippen molar-refractivity contribution in [2.75, 3.05) is 13.2 Å². The van der Waals surface area contributed by atoms with Crippen molar-refractivity contribution in [2.24, 2.45) is 0 Å². The Kier molecular flexibility index (Phi) is 6.36. The van der Waals surface area contributed by atoms with Gasteiger partial charge >= 0.3 is 6.09 Å². The van der Waals surface area contributed by atoms with Gasteiger partial charge in [-0.1, -0.05) is 48.5 Å². The number of ether oxygens (including phenoxy) is 1. The maximum Gasteiger partial charge on any atom is 0.407 e. The van der Waals surface area contributed by atoms with Crippen LogP contribution in [-0.4, -0.2) is 40.5 Å². The predicted octanol–water partition coefficient (Wildman–Crippen LogP) is 4.08. The van der Waals surface area contributed by atoms with Gasteiger partial charge in [0.15, 0.2) is 0 Å². The smallest absolute Gasteiger partial charge is 0.407 e.